The lowest BCUT2D eigenvalue weighted by molar-refractivity contribution is -0.113. The number of anilines is 1. The zero-order chi connectivity index (χ0) is 21.8. The van der Waals surface area contributed by atoms with E-state index in [2.05, 4.69) is 15.5 Å². The number of aromatic nitrogens is 3. The van der Waals surface area contributed by atoms with Gasteiger partial charge in [-0.3, -0.25) is 4.79 Å². The Labute approximate surface area is 189 Å². The first kappa shape index (κ1) is 21.6. The van der Waals surface area contributed by atoms with E-state index in [4.69, 9.17) is 4.74 Å². The van der Waals surface area contributed by atoms with Crippen LogP contribution in [0.15, 0.2) is 35.5 Å². The van der Waals surface area contributed by atoms with E-state index >= 15 is 0 Å². The van der Waals surface area contributed by atoms with Crippen molar-refractivity contribution in [3.05, 3.63) is 46.3 Å². The normalized spacial score (nSPS) is 13.0. The molecular formula is C22H24N4O3S2. The lowest BCUT2D eigenvalue weighted by Crippen LogP contribution is -2.17. The summed E-state index contributed by atoms with van der Waals surface area (Å²) in [5.41, 5.74) is 2.54. The topological polar surface area (TPSA) is 86.1 Å². The summed E-state index contributed by atoms with van der Waals surface area (Å²) in [6.07, 6.45) is 3.95. The minimum atomic E-state index is -0.356. The van der Waals surface area contributed by atoms with Crippen molar-refractivity contribution in [2.75, 3.05) is 17.7 Å². The number of rotatable bonds is 7. The average Bonchev–Trinajstić information content (AvgIpc) is 3.32. The zero-order valence-corrected chi connectivity index (χ0v) is 19.1. The van der Waals surface area contributed by atoms with Gasteiger partial charge in [0.05, 0.1) is 17.9 Å². The molecule has 1 aliphatic carbocycles. The van der Waals surface area contributed by atoms with Crippen LogP contribution in [0.5, 0.6) is 0 Å². The number of esters is 1. The Morgan fingerprint density at radius 3 is 2.74 bits per heavy atom. The average molecular weight is 457 g/mol. The van der Waals surface area contributed by atoms with Crippen LogP contribution in [0, 0.1) is 0 Å². The zero-order valence-electron chi connectivity index (χ0n) is 17.5. The summed E-state index contributed by atoms with van der Waals surface area (Å²) in [5.74, 6) is 0.383. The number of hydrogen-bond acceptors (Lipinski definition) is 7. The number of benzene rings is 1. The van der Waals surface area contributed by atoms with Crippen molar-refractivity contribution >= 4 is 40.0 Å². The van der Waals surface area contributed by atoms with E-state index in [1.807, 2.05) is 41.9 Å². The molecule has 7 nitrogen and oxygen atoms in total. The van der Waals surface area contributed by atoms with Gasteiger partial charge in [0.25, 0.3) is 0 Å². The molecule has 2 aromatic heterocycles. The molecule has 162 valence electrons. The standard InChI is InChI=1S/C22H24N4O3S2/c1-3-29-21(28)18-15-11-7-8-12-16(15)31-20(18)23-17(27)13-30-22-25-24-19(26(22)2)14-9-5-4-6-10-14/h4-6,9-10H,3,7-8,11-13H2,1-2H3,(H,23,27). The molecule has 0 fully saturated rings. The molecule has 1 aromatic carbocycles. The van der Waals surface area contributed by atoms with Gasteiger partial charge in [0.1, 0.15) is 5.00 Å². The number of carbonyl (C=O) groups is 2. The Kier molecular flexibility index (Phi) is 6.72. The van der Waals surface area contributed by atoms with E-state index in [1.54, 1.807) is 6.92 Å². The van der Waals surface area contributed by atoms with Gasteiger partial charge in [-0.1, -0.05) is 42.1 Å². The number of ether oxygens (including phenoxy) is 1. The van der Waals surface area contributed by atoms with Crippen molar-refractivity contribution < 1.29 is 14.3 Å². The van der Waals surface area contributed by atoms with E-state index in [9.17, 15) is 9.59 Å². The molecule has 1 amide bonds. The second kappa shape index (κ2) is 9.65. The Morgan fingerprint density at radius 2 is 1.97 bits per heavy atom. The molecule has 0 radical (unpaired) electrons. The Balaban J connectivity index is 1.46. The van der Waals surface area contributed by atoms with Gasteiger partial charge in [0.2, 0.25) is 5.91 Å². The van der Waals surface area contributed by atoms with E-state index in [0.717, 1.165) is 42.6 Å². The summed E-state index contributed by atoms with van der Waals surface area (Å²) >= 11 is 2.81. The first-order valence-electron chi connectivity index (χ1n) is 10.3. The van der Waals surface area contributed by atoms with Crippen LogP contribution in [0.4, 0.5) is 5.00 Å². The van der Waals surface area contributed by atoms with Crippen LogP contribution in [-0.2, 0) is 29.4 Å². The molecule has 3 aromatic rings. The predicted octanol–water partition coefficient (Wildman–Crippen LogP) is 4.33. The minimum Gasteiger partial charge on any atom is -0.462 e. The molecule has 1 N–H and O–H groups in total. The van der Waals surface area contributed by atoms with Crippen LogP contribution in [0.3, 0.4) is 0 Å². The second-order valence-electron chi connectivity index (χ2n) is 7.20. The highest BCUT2D eigenvalue weighted by atomic mass is 32.2. The third-order valence-electron chi connectivity index (χ3n) is 5.10. The summed E-state index contributed by atoms with van der Waals surface area (Å²) < 4.78 is 7.13. The maximum atomic E-state index is 12.7. The molecule has 4 rings (SSSR count). The number of nitrogens with one attached hydrogen (secondary N) is 1. The Bertz CT molecular complexity index is 1090. The number of thioether (sulfide) groups is 1. The molecular weight excluding hydrogens is 432 g/mol. The monoisotopic (exact) mass is 456 g/mol. The second-order valence-corrected chi connectivity index (χ2v) is 9.25. The van der Waals surface area contributed by atoms with Gasteiger partial charge in [-0.05, 0) is 38.2 Å². The molecule has 0 spiro atoms. The molecule has 31 heavy (non-hydrogen) atoms. The highest BCUT2D eigenvalue weighted by Crippen LogP contribution is 2.38. The van der Waals surface area contributed by atoms with Crippen LogP contribution in [-0.4, -0.2) is 39.0 Å². The fraction of sp³-hybridized carbons (Fsp3) is 0.364. The van der Waals surface area contributed by atoms with E-state index < -0.39 is 0 Å². The first-order chi connectivity index (χ1) is 15.1. The number of nitrogens with zero attached hydrogens (tertiary/aromatic N) is 3. The predicted molar refractivity (Wildman–Crippen MR) is 123 cm³/mol. The van der Waals surface area contributed by atoms with Gasteiger partial charge in [0, 0.05) is 17.5 Å². The number of thiophene rings is 1. The van der Waals surface area contributed by atoms with Crippen molar-refractivity contribution in [1.29, 1.82) is 0 Å². The SMILES string of the molecule is CCOC(=O)c1c(NC(=O)CSc2nnc(-c3ccccc3)n2C)sc2c1CCCC2. The fourth-order valence-electron chi connectivity index (χ4n) is 3.65. The van der Waals surface area contributed by atoms with Crippen LogP contribution in [0.2, 0.25) is 0 Å². The van der Waals surface area contributed by atoms with Gasteiger partial charge in [-0.2, -0.15) is 0 Å². The number of carbonyl (C=O) groups excluding carboxylic acids is 2. The van der Waals surface area contributed by atoms with Gasteiger partial charge >= 0.3 is 5.97 Å². The molecule has 2 heterocycles. The van der Waals surface area contributed by atoms with E-state index in [0.29, 0.717) is 22.3 Å². The lowest BCUT2D eigenvalue weighted by atomic mass is 9.95. The van der Waals surface area contributed by atoms with Crippen LogP contribution >= 0.6 is 23.1 Å². The molecule has 1 aliphatic rings. The first-order valence-corrected chi connectivity index (χ1v) is 12.1. The largest absolute Gasteiger partial charge is 0.462 e. The maximum absolute atomic E-state index is 12.7. The summed E-state index contributed by atoms with van der Waals surface area (Å²) in [6.45, 7) is 2.10. The van der Waals surface area contributed by atoms with Crippen molar-refractivity contribution in [2.45, 2.75) is 37.8 Å². The number of fused-ring (bicyclic) bond motifs is 1. The smallest absolute Gasteiger partial charge is 0.341 e. The third kappa shape index (κ3) is 4.67. The summed E-state index contributed by atoms with van der Waals surface area (Å²) in [7, 11) is 1.88. The van der Waals surface area contributed by atoms with Gasteiger partial charge in [-0.15, -0.1) is 21.5 Å². The van der Waals surface area contributed by atoms with Gasteiger partial charge < -0.3 is 14.6 Å². The van der Waals surface area contributed by atoms with Crippen LogP contribution in [0.25, 0.3) is 11.4 Å². The van der Waals surface area contributed by atoms with Crippen molar-refractivity contribution in [3.8, 4) is 11.4 Å². The Morgan fingerprint density at radius 1 is 1.19 bits per heavy atom. The maximum Gasteiger partial charge on any atom is 0.341 e. The number of aryl methyl sites for hydroxylation is 1. The molecule has 0 saturated carbocycles. The van der Waals surface area contributed by atoms with Crippen LogP contribution < -0.4 is 5.32 Å². The Hall–Kier alpha value is -2.65. The van der Waals surface area contributed by atoms with E-state index in [-0.39, 0.29) is 17.6 Å². The summed E-state index contributed by atoms with van der Waals surface area (Å²) in [5, 5.41) is 12.7. The highest BCUT2D eigenvalue weighted by molar-refractivity contribution is 7.99. The highest BCUT2D eigenvalue weighted by Gasteiger charge is 2.27. The number of hydrogen-bond donors (Lipinski definition) is 1. The molecule has 0 bridgehead atoms. The molecule has 0 atom stereocenters. The third-order valence-corrected chi connectivity index (χ3v) is 7.33. The minimum absolute atomic E-state index is 0.172. The molecule has 9 heteroatoms. The van der Waals surface area contributed by atoms with Crippen molar-refractivity contribution in [3.63, 3.8) is 0 Å². The quantitative estimate of drug-likeness (QED) is 0.421. The fourth-order valence-corrected chi connectivity index (χ4v) is 5.65. The van der Waals surface area contributed by atoms with Crippen molar-refractivity contribution in [1.82, 2.24) is 14.8 Å². The van der Waals surface area contributed by atoms with Crippen molar-refractivity contribution in [2.24, 2.45) is 7.05 Å². The molecule has 0 aliphatic heterocycles. The summed E-state index contributed by atoms with van der Waals surface area (Å²) in [6, 6.07) is 9.80. The number of amides is 1. The van der Waals surface area contributed by atoms with Crippen LogP contribution in [0.1, 0.15) is 40.6 Å². The summed E-state index contributed by atoms with van der Waals surface area (Å²) in [4.78, 5) is 26.4. The van der Waals surface area contributed by atoms with Gasteiger partial charge in [0.15, 0.2) is 11.0 Å². The van der Waals surface area contributed by atoms with Gasteiger partial charge in [-0.25, -0.2) is 4.79 Å². The molecule has 0 unspecified atom stereocenters. The molecule has 0 saturated heterocycles. The lowest BCUT2D eigenvalue weighted by Gasteiger charge is -2.12. The van der Waals surface area contributed by atoms with E-state index in [1.165, 1.54) is 28.0 Å².